The Kier molecular flexibility index (Phi) is 6.84. The highest BCUT2D eigenvalue weighted by atomic mass is 35.5. The Morgan fingerprint density at radius 2 is 0.889 bits per heavy atom. The number of benzene rings is 1. The molecule has 0 saturated heterocycles. The molecule has 0 bridgehead atoms. The van der Waals surface area contributed by atoms with Gasteiger partial charge in [0.15, 0.2) is 0 Å². The molecule has 0 amide bonds. The predicted octanol–water partition coefficient (Wildman–Crippen LogP) is 6.76. The summed E-state index contributed by atoms with van der Waals surface area (Å²) in [6.07, 6.45) is 2.72. The van der Waals surface area contributed by atoms with E-state index in [1.807, 2.05) is 0 Å². The van der Waals surface area contributed by atoms with Crippen molar-refractivity contribution in [3.63, 3.8) is 0 Å². The molecule has 3 unspecified atom stereocenters. The number of alkyl halides is 3. The summed E-state index contributed by atoms with van der Waals surface area (Å²) in [5, 5.41) is 0.0976. The fourth-order valence-corrected chi connectivity index (χ4v) is 2.33. The maximum absolute atomic E-state index is 6.34. The highest BCUT2D eigenvalue weighted by molar-refractivity contribution is 6.22. The molecule has 0 nitrogen and oxygen atoms in total. The average Bonchev–Trinajstić information content (AvgIpc) is 2.43. The van der Waals surface area contributed by atoms with Crippen LogP contribution in [0.25, 0.3) is 0 Å². The minimum absolute atomic E-state index is 0.0325. The van der Waals surface area contributed by atoms with Crippen LogP contribution in [0.1, 0.15) is 72.9 Å². The molecule has 0 aromatic heterocycles. The average molecular weight is 308 g/mol. The van der Waals surface area contributed by atoms with Crippen LogP contribution in [-0.2, 0) is 0 Å². The monoisotopic (exact) mass is 306 g/mol. The third kappa shape index (κ3) is 4.05. The molecule has 3 heteroatoms. The smallest absolute Gasteiger partial charge is 0.0582 e. The molecular weight excluding hydrogens is 287 g/mol. The van der Waals surface area contributed by atoms with Gasteiger partial charge < -0.3 is 0 Å². The molecule has 0 N–H and O–H groups in total. The maximum Gasteiger partial charge on any atom is 0.0582 e. The molecule has 0 aliphatic carbocycles. The fourth-order valence-electron chi connectivity index (χ4n) is 1.95. The summed E-state index contributed by atoms with van der Waals surface area (Å²) in [5.41, 5.74) is 3.39. The lowest BCUT2D eigenvalue weighted by Crippen LogP contribution is -1.99. The van der Waals surface area contributed by atoms with E-state index in [1.54, 1.807) is 0 Å². The number of halogens is 3. The lowest BCUT2D eigenvalue weighted by atomic mass is 9.97. The lowest BCUT2D eigenvalue weighted by Gasteiger charge is -2.17. The van der Waals surface area contributed by atoms with E-state index >= 15 is 0 Å². The molecule has 18 heavy (non-hydrogen) atoms. The van der Waals surface area contributed by atoms with Gasteiger partial charge >= 0.3 is 0 Å². The summed E-state index contributed by atoms with van der Waals surface area (Å²) in [5.74, 6) is 0. The first-order valence-electron chi connectivity index (χ1n) is 6.60. The van der Waals surface area contributed by atoms with E-state index < -0.39 is 0 Å². The van der Waals surface area contributed by atoms with E-state index in [0.717, 1.165) is 36.0 Å². The van der Waals surface area contributed by atoms with Gasteiger partial charge in [-0.3, -0.25) is 0 Å². The van der Waals surface area contributed by atoms with Crippen LogP contribution in [0, 0.1) is 0 Å². The number of hydrogen-bond acceptors (Lipinski definition) is 0. The predicted molar refractivity (Wildman–Crippen MR) is 83.1 cm³/mol. The molecule has 0 aliphatic rings. The Hall–Kier alpha value is 0.0900. The van der Waals surface area contributed by atoms with Crippen molar-refractivity contribution in [1.29, 1.82) is 0 Å². The highest BCUT2D eigenvalue weighted by Crippen LogP contribution is 2.35. The van der Waals surface area contributed by atoms with Gasteiger partial charge in [0.05, 0.1) is 16.1 Å². The van der Waals surface area contributed by atoms with E-state index in [-0.39, 0.29) is 16.1 Å². The van der Waals surface area contributed by atoms with Crippen LogP contribution in [0.2, 0.25) is 0 Å². The van der Waals surface area contributed by atoms with Gasteiger partial charge in [0.1, 0.15) is 0 Å². The molecule has 1 aromatic carbocycles. The van der Waals surface area contributed by atoms with Crippen molar-refractivity contribution in [2.75, 3.05) is 0 Å². The van der Waals surface area contributed by atoms with Crippen LogP contribution in [0.3, 0.4) is 0 Å². The minimum Gasteiger partial charge on any atom is -0.118 e. The molecule has 0 radical (unpaired) electrons. The first kappa shape index (κ1) is 16.1. The van der Waals surface area contributed by atoms with Crippen molar-refractivity contribution in [3.05, 3.63) is 34.9 Å². The van der Waals surface area contributed by atoms with E-state index in [1.165, 1.54) is 0 Å². The van der Waals surface area contributed by atoms with E-state index in [0.29, 0.717) is 0 Å². The first-order valence-corrected chi connectivity index (χ1v) is 7.91. The van der Waals surface area contributed by atoms with Crippen LogP contribution < -0.4 is 0 Å². The second kappa shape index (κ2) is 7.62. The Balaban J connectivity index is 3.19. The summed E-state index contributed by atoms with van der Waals surface area (Å²) in [6.45, 7) is 6.25. The maximum atomic E-state index is 6.34. The lowest BCUT2D eigenvalue weighted by molar-refractivity contribution is 0.833. The molecule has 0 saturated carbocycles. The van der Waals surface area contributed by atoms with Gasteiger partial charge in [-0.15, -0.1) is 34.8 Å². The van der Waals surface area contributed by atoms with Crippen molar-refractivity contribution < 1.29 is 0 Å². The molecule has 1 rings (SSSR count). The third-order valence-electron chi connectivity index (χ3n) is 3.16. The second-order valence-corrected chi connectivity index (χ2v) is 6.14. The van der Waals surface area contributed by atoms with Gasteiger partial charge in [0.25, 0.3) is 0 Å². The van der Waals surface area contributed by atoms with Crippen LogP contribution in [0.4, 0.5) is 0 Å². The number of hydrogen-bond donors (Lipinski definition) is 0. The number of rotatable bonds is 6. The van der Waals surface area contributed by atoms with Crippen molar-refractivity contribution in [2.45, 2.75) is 56.2 Å². The molecule has 0 heterocycles. The van der Waals surface area contributed by atoms with Crippen molar-refractivity contribution in [3.8, 4) is 0 Å². The van der Waals surface area contributed by atoms with Gasteiger partial charge in [0, 0.05) is 0 Å². The van der Waals surface area contributed by atoms with Crippen LogP contribution in [0.15, 0.2) is 18.2 Å². The highest BCUT2D eigenvalue weighted by Gasteiger charge is 2.15. The van der Waals surface area contributed by atoms with Gasteiger partial charge in [-0.05, 0) is 36.0 Å². The summed E-state index contributed by atoms with van der Waals surface area (Å²) >= 11 is 19.0. The zero-order valence-corrected chi connectivity index (χ0v) is 13.5. The van der Waals surface area contributed by atoms with Crippen LogP contribution in [-0.4, -0.2) is 0 Å². The molecule has 0 fully saturated rings. The SMILES string of the molecule is CCC(Cl)c1cc(C(Cl)CC)cc(C(Cl)CC)c1. The molecule has 0 aliphatic heterocycles. The normalized spacial score (nSPS) is 16.3. The summed E-state index contributed by atoms with van der Waals surface area (Å²) in [7, 11) is 0. The van der Waals surface area contributed by atoms with Crippen molar-refractivity contribution in [1.82, 2.24) is 0 Å². The van der Waals surface area contributed by atoms with E-state index in [9.17, 15) is 0 Å². The molecular formula is C15H21Cl3. The quantitative estimate of drug-likeness (QED) is 0.509. The Bertz CT molecular complexity index is 307. The van der Waals surface area contributed by atoms with Gasteiger partial charge in [-0.25, -0.2) is 0 Å². The van der Waals surface area contributed by atoms with Crippen molar-refractivity contribution in [2.24, 2.45) is 0 Å². The third-order valence-corrected chi connectivity index (χ3v) is 4.84. The Labute approximate surface area is 126 Å². The standard InChI is InChI=1S/C15H21Cl3/c1-4-13(16)10-7-11(14(17)5-2)9-12(8-10)15(18)6-3/h7-9,13-15H,4-6H2,1-3H3. The minimum atomic E-state index is 0.0325. The van der Waals surface area contributed by atoms with Gasteiger partial charge in [-0.1, -0.05) is 39.0 Å². The van der Waals surface area contributed by atoms with Gasteiger partial charge in [-0.2, -0.15) is 0 Å². The van der Waals surface area contributed by atoms with Gasteiger partial charge in [0.2, 0.25) is 0 Å². The Morgan fingerprint density at radius 3 is 1.06 bits per heavy atom. The second-order valence-electron chi connectivity index (χ2n) is 4.56. The fraction of sp³-hybridized carbons (Fsp3) is 0.600. The summed E-state index contributed by atoms with van der Waals surface area (Å²) in [4.78, 5) is 0. The molecule has 0 spiro atoms. The molecule has 102 valence electrons. The zero-order chi connectivity index (χ0) is 13.7. The molecule has 1 aromatic rings. The summed E-state index contributed by atoms with van der Waals surface area (Å²) < 4.78 is 0. The van der Waals surface area contributed by atoms with E-state index in [4.69, 9.17) is 34.8 Å². The van der Waals surface area contributed by atoms with Crippen LogP contribution in [0.5, 0.6) is 0 Å². The zero-order valence-electron chi connectivity index (χ0n) is 11.2. The Morgan fingerprint density at radius 1 is 0.667 bits per heavy atom. The molecule has 3 atom stereocenters. The van der Waals surface area contributed by atoms with Crippen LogP contribution >= 0.6 is 34.8 Å². The topological polar surface area (TPSA) is 0 Å². The largest absolute Gasteiger partial charge is 0.118 e. The first-order chi connectivity index (χ1) is 8.53. The van der Waals surface area contributed by atoms with E-state index in [2.05, 4.69) is 39.0 Å². The summed E-state index contributed by atoms with van der Waals surface area (Å²) in [6, 6.07) is 6.35. The van der Waals surface area contributed by atoms with Crippen molar-refractivity contribution >= 4 is 34.8 Å².